The summed E-state index contributed by atoms with van der Waals surface area (Å²) in [6.07, 6.45) is 1.16. The van der Waals surface area contributed by atoms with E-state index in [-0.39, 0.29) is 0 Å². The summed E-state index contributed by atoms with van der Waals surface area (Å²) in [5.41, 5.74) is 1.28. The third kappa shape index (κ3) is 4.67. The van der Waals surface area contributed by atoms with Gasteiger partial charge in [0.15, 0.2) is 0 Å². The van der Waals surface area contributed by atoms with Gasteiger partial charge in [0.05, 0.1) is 6.61 Å². The van der Waals surface area contributed by atoms with Crippen LogP contribution in [0.25, 0.3) is 0 Å². The van der Waals surface area contributed by atoms with Gasteiger partial charge in [-0.3, -0.25) is 0 Å². The maximum Gasteiger partial charge on any atom is 0.119 e. The number of hydrogen-bond acceptors (Lipinski definition) is 2. The van der Waals surface area contributed by atoms with E-state index in [2.05, 4.69) is 44.3 Å². The van der Waals surface area contributed by atoms with Gasteiger partial charge in [0, 0.05) is 6.54 Å². The van der Waals surface area contributed by atoms with Crippen molar-refractivity contribution in [3.8, 4) is 5.75 Å². The van der Waals surface area contributed by atoms with Crippen LogP contribution in [-0.2, 0) is 6.54 Å². The smallest absolute Gasteiger partial charge is 0.119 e. The summed E-state index contributed by atoms with van der Waals surface area (Å²) in [6, 6.07) is 8.32. The predicted molar refractivity (Wildman–Crippen MR) is 68.8 cm³/mol. The molecule has 0 radical (unpaired) electrons. The summed E-state index contributed by atoms with van der Waals surface area (Å²) in [4.78, 5) is 0. The van der Waals surface area contributed by atoms with Crippen LogP contribution in [0.3, 0.4) is 0 Å². The highest BCUT2D eigenvalue weighted by Crippen LogP contribution is 2.14. The van der Waals surface area contributed by atoms with Crippen molar-refractivity contribution in [2.24, 2.45) is 5.92 Å². The lowest BCUT2D eigenvalue weighted by atomic mass is 10.1. The first-order chi connectivity index (χ1) is 7.76. The molecule has 90 valence electrons. The molecule has 1 aromatic rings. The number of rotatable bonds is 7. The van der Waals surface area contributed by atoms with Crippen molar-refractivity contribution < 1.29 is 4.74 Å². The highest BCUT2D eigenvalue weighted by Gasteiger charge is 2.01. The first-order valence-corrected chi connectivity index (χ1v) is 6.18. The maximum absolute atomic E-state index is 5.75. The van der Waals surface area contributed by atoms with Crippen LogP contribution < -0.4 is 10.1 Å². The van der Waals surface area contributed by atoms with Gasteiger partial charge in [0.2, 0.25) is 0 Å². The molecule has 1 N–H and O–H groups in total. The molecule has 0 bridgehead atoms. The maximum atomic E-state index is 5.75. The van der Waals surface area contributed by atoms with Crippen LogP contribution in [0.2, 0.25) is 0 Å². The van der Waals surface area contributed by atoms with Crippen molar-refractivity contribution in [2.45, 2.75) is 33.7 Å². The Morgan fingerprint density at radius 2 is 2.12 bits per heavy atom. The minimum atomic E-state index is 0.623. The molecule has 0 heterocycles. The Morgan fingerprint density at radius 3 is 2.81 bits per heavy atom. The molecule has 1 aromatic carbocycles. The second-order valence-corrected chi connectivity index (χ2v) is 4.25. The standard InChI is InChI=1S/C14H23NO/c1-4-12(3)11-16-14-8-6-7-13(9-14)10-15-5-2/h6-9,12,15H,4-5,10-11H2,1-3H3. The zero-order valence-electron chi connectivity index (χ0n) is 10.6. The molecule has 1 atom stereocenters. The van der Waals surface area contributed by atoms with Gasteiger partial charge in [-0.25, -0.2) is 0 Å². The fourth-order valence-corrected chi connectivity index (χ4v) is 1.37. The molecule has 2 nitrogen and oxygen atoms in total. The van der Waals surface area contributed by atoms with E-state index in [0.29, 0.717) is 5.92 Å². The third-order valence-corrected chi connectivity index (χ3v) is 2.71. The number of ether oxygens (including phenoxy) is 1. The average molecular weight is 221 g/mol. The lowest BCUT2D eigenvalue weighted by Crippen LogP contribution is -2.12. The monoisotopic (exact) mass is 221 g/mol. The second kappa shape index (κ2) is 7.29. The molecule has 0 amide bonds. The molecule has 0 aliphatic carbocycles. The highest BCUT2D eigenvalue weighted by molar-refractivity contribution is 5.28. The molecular formula is C14H23NO. The number of nitrogens with one attached hydrogen (secondary N) is 1. The van der Waals surface area contributed by atoms with Gasteiger partial charge in [-0.2, -0.15) is 0 Å². The van der Waals surface area contributed by atoms with Crippen LogP contribution in [0, 0.1) is 5.92 Å². The normalized spacial score (nSPS) is 12.4. The fraction of sp³-hybridized carbons (Fsp3) is 0.571. The lowest BCUT2D eigenvalue weighted by Gasteiger charge is -2.12. The largest absolute Gasteiger partial charge is 0.493 e. The van der Waals surface area contributed by atoms with E-state index in [9.17, 15) is 0 Å². The Morgan fingerprint density at radius 1 is 1.31 bits per heavy atom. The second-order valence-electron chi connectivity index (χ2n) is 4.25. The van der Waals surface area contributed by atoms with Crippen molar-refractivity contribution in [3.05, 3.63) is 29.8 Å². The Kier molecular flexibility index (Phi) is 5.94. The average Bonchev–Trinajstić information content (AvgIpc) is 2.34. The van der Waals surface area contributed by atoms with Gasteiger partial charge in [-0.1, -0.05) is 39.3 Å². The van der Waals surface area contributed by atoms with Crippen LogP contribution in [0.5, 0.6) is 5.75 Å². The molecule has 0 spiro atoms. The topological polar surface area (TPSA) is 21.3 Å². The summed E-state index contributed by atoms with van der Waals surface area (Å²) in [6.45, 7) is 9.23. The zero-order chi connectivity index (χ0) is 11.8. The van der Waals surface area contributed by atoms with E-state index >= 15 is 0 Å². The van der Waals surface area contributed by atoms with Crippen LogP contribution in [-0.4, -0.2) is 13.2 Å². The van der Waals surface area contributed by atoms with Crippen LogP contribution in [0.4, 0.5) is 0 Å². The van der Waals surface area contributed by atoms with E-state index in [0.717, 1.165) is 31.9 Å². The number of benzene rings is 1. The first kappa shape index (κ1) is 13.0. The molecule has 0 aliphatic rings. The summed E-state index contributed by atoms with van der Waals surface area (Å²) < 4.78 is 5.75. The summed E-state index contributed by atoms with van der Waals surface area (Å²) in [7, 11) is 0. The van der Waals surface area contributed by atoms with E-state index in [1.807, 2.05) is 6.07 Å². The molecule has 0 saturated heterocycles. The van der Waals surface area contributed by atoms with E-state index in [1.165, 1.54) is 5.56 Å². The summed E-state index contributed by atoms with van der Waals surface area (Å²) in [5, 5.41) is 3.31. The van der Waals surface area contributed by atoms with Gasteiger partial charge in [0.1, 0.15) is 5.75 Å². The molecule has 0 saturated carbocycles. The third-order valence-electron chi connectivity index (χ3n) is 2.71. The Bertz CT molecular complexity index is 299. The minimum absolute atomic E-state index is 0.623. The summed E-state index contributed by atoms with van der Waals surface area (Å²) >= 11 is 0. The molecule has 2 heteroatoms. The Hall–Kier alpha value is -1.02. The highest BCUT2D eigenvalue weighted by atomic mass is 16.5. The summed E-state index contributed by atoms with van der Waals surface area (Å²) in [5.74, 6) is 1.60. The van der Waals surface area contributed by atoms with E-state index in [4.69, 9.17) is 4.74 Å². The van der Waals surface area contributed by atoms with Crippen LogP contribution in [0.1, 0.15) is 32.8 Å². The first-order valence-electron chi connectivity index (χ1n) is 6.18. The van der Waals surface area contributed by atoms with Crippen molar-refractivity contribution in [3.63, 3.8) is 0 Å². The molecule has 16 heavy (non-hydrogen) atoms. The van der Waals surface area contributed by atoms with Crippen molar-refractivity contribution >= 4 is 0 Å². The molecule has 0 aromatic heterocycles. The SMILES string of the molecule is CCNCc1cccc(OCC(C)CC)c1. The van der Waals surface area contributed by atoms with Crippen LogP contribution in [0.15, 0.2) is 24.3 Å². The zero-order valence-corrected chi connectivity index (χ0v) is 10.6. The minimum Gasteiger partial charge on any atom is -0.493 e. The predicted octanol–water partition coefficient (Wildman–Crippen LogP) is 3.22. The van der Waals surface area contributed by atoms with Crippen molar-refractivity contribution in [1.82, 2.24) is 5.32 Å². The molecule has 0 aliphatic heterocycles. The van der Waals surface area contributed by atoms with Crippen molar-refractivity contribution in [2.75, 3.05) is 13.2 Å². The van der Waals surface area contributed by atoms with E-state index < -0.39 is 0 Å². The quantitative estimate of drug-likeness (QED) is 0.763. The molecule has 0 fully saturated rings. The lowest BCUT2D eigenvalue weighted by molar-refractivity contribution is 0.256. The molecule has 1 unspecified atom stereocenters. The van der Waals surface area contributed by atoms with Gasteiger partial charge in [-0.15, -0.1) is 0 Å². The van der Waals surface area contributed by atoms with Crippen LogP contribution >= 0.6 is 0 Å². The van der Waals surface area contributed by atoms with Gasteiger partial charge in [-0.05, 0) is 30.2 Å². The molecule has 1 rings (SSSR count). The van der Waals surface area contributed by atoms with Crippen molar-refractivity contribution in [1.29, 1.82) is 0 Å². The van der Waals surface area contributed by atoms with Gasteiger partial charge < -0.3 is 10.1 Å². The molecular weight excluding hydrogens is 198 g/mol. The Balaban J connectivity index is 2.46. The Labute approximate surface area is 99.0 Å². The number of hydrogen-bond donors (Lipinski definition) is 1. The van der Waals surface area contributed by atoms with Gasteiger partial charge >= 0.3 is 0 Å². The van der Waals surface area contributed by atoms with E-state index in [1.54, 1.807) is 0 Å². The fourth-order valence-electron chi connectivity index (χ4n) is 1.37. The van der Waals surface area contributed by atoms with Gasteiger partial charge in [0.25, 0.3) is 0 Å².